The first-order valence-corrected chi connectivity index (χ1v) is 9.70. The van der Waals surface area contributed by atoms with Crippen molar-refractivity contribution in [1.82, 2.24) is 9.62 Å². The van der Waals surface area contributed by atoms with Crippen molar-refractivity contribution in [1.29, 1.82) is 0 Å². The summed E-state index contributed by atoms with van der Waals surface area (Å²) in [5.74, 6) is 0.632. The summed E-state index contributed by atoms with van der Waals surface area (Å²) in [5, 5.41) is 0. The SMILES string of the molecule is Cc1sc(CN)cc1S(=O)(=O)NCCC1CCN(C)CC1. The Labute approximate surface area is 131 Å². The molecule has 120 valence electrons. The molecule has 21 heavy (non-hydrogen) atoms. The van der Waals surface area contributed by atoms with E-state index in [1.807, 2.05) is 6.92 Å². The number of nitrogens with zero attached hydrogens (tertiary/aromatic N) is 1. The van der Waals surface area contributed by atoms with Crippen LogP contribution in [0.15, 0.2) is 11.0 Å². The van der Waals surface area contributed by atoms with Crippen LogP contribution in [-0.4, -0.2) is 40.0 Å². The van der Waals surface area contributed by atoms with Crippen molar-refractivity contribution in [2.24, 2.45) is 11.7 Å². The lowest BCUT2D eigenvalue weighted by atomic mass is 9.94. The van der Waals surface area contributed by atoms with Crippen LogP contribution in [0.25, 0.3) is 0 Å². The molecule has 1 aromatic rings. The molecule has 0 amide bonds. The van der Waals surface area contributed by atoms with E-state index < -0.39 is 10.0 Å². The smallest absolute Gasteiger partial charge is 0.241 e. The van der Waals surface area contributed by atoms with E-state index in [1.165, 1.54) is 11.3 Å². The molecular formula is C14H25N3O2S2. The molecule has 3 N–H and O–H groups in total. The van der Waals surface area contributed by atoms with Crippen molar-refractivity contribution < 1.29 is 8.42 Å². The third-order valence-corrected chi connectivity index (χ3v) is 6.89. The van der Waals surface area contributed by atoms with E-state index >= 15 is 0 Å². The Morgan fingerprint density at radius 3 is 2.67 bits per heavy atom. The third kappa shape index (κ3) is 4.50. The van der Waals surface area contributed by atoms with Crippen molar-refractivity contribution in [2.75, 3.05) is 26.7 Å². The molecule has 2 heterocycles. The molecule has 1 aromatic heterocycles. The fourth-order valence-electron chi connectivity index (χ4n) is 2.72. The van der Waals surface area contributed by atoms with Crippen LogP contribution in [0.1, 0.15) is 29.0 Å². The third-order valence-electron chi connectivity index (χ3n) is 4.10. The van der Waals surface area contributed by atoms with Gasteiger partial charge < -0.3 is 10.6 Å². The lowest BCUT2D eigenvalue weighted by molar-refractivity contribution is 0.213. The minimum Gasteiger partial charge on any atom is -0.326 e. The zero-order valence-electron chi connectivity index (χ0n) is 12.8. The molecule has 2 rings (SSSR count). The number of piperidine rings is 1. The number of rotatable bonds is 6. The minimum absolute atomic E-state index is 0.385. The van der Waals surface area contributed by atoms with Gasteiger partial charge in [-0.25, -0.2) is 13.1 Å². The quantitative estimate of drug-likeness (QED) is 0.829. The highest BCUT2D eigenvalue weighted by atomic mass is 32.2. The van der Waals surface area contributed by atoms with Crippen LogP contribution in [0, 0.1) is 12.8 Å². The van der Waals surface area contributed by atoms with Gasteiger partial charge in [-0.3, -0.25) is 0 Å². The average molecular weight is 332 g/mol. The molecule has 1 aliphatic heterocycles. The second-order valence-electron chi connectivity index (χ2n) is 5.77. The van der Waals surface area contributed by atoms with Crippen LogP contribution in [-0.2, 0) is 16.6 Å². The number of nitrogens with one attached hydrogen (secondary N) is 1. The first-order valence-electron chi connectivity index (χ1n) is 7.40. The number of hydrogen-bond donors (Lipinski definition) is 2. The second kappa shape index (κ2) is 7.19. The molecule has 1 saturated heterocycles. The maximum Gasteiger partial charge on any atom is 0.241 e. The topological polar surface area (TPSA) is 75.4 Å². The Morgan fingerprint density at radius 2 is 2.10 bits per heavy atom. The number of hydrogen-bond acceptors (Lipinski definition) is 5. The van der Waals surface area contributed by atoms with Gasteiger partial charge in [0.25, 0.3) is 0 Å². The summed E-state index contributed by atoms with van der Waals surface area (Å²) in [6.07, 6.45) is 3.24. The van der Waals surface area contributed by atoms with E-state index in [0.717, 1.165) is 42.1 Å². The van der Waals surface area contributed by atoms with E-state index in [9.17, 15) is 8.42 Å². The average Bonchev–Trinajstić information content (AvgIpc) is 2.83. The summed E-state index contributed by atoms with van der Waals surface area (Å²) < 4.78 is 27.4. The lowest BCUT2D eigenvalue weighted by Crippen LogP contribution is -2.32. The van der Waals surface area contributed by atoms with Crippen molar-refractivity contribution in [3.05, 3.63) is 15.8 Å². The molecule has 5 nitrogen and oxygen atoms in total. The molecule has 0 unspecified atom stereocenters. The standard InChI is InChI=1S/C14H25N3O2S2/c1-11-14(9-13(10-15)20-11)21(18,19)16-6-3-12-4-7-17(2)8-5-12/h9,12,16H,3-8,10,15H2,1-2H3. The van der Waals surface area contributed by atoms with Gasteiger partial charge in [0, 0.05) is 22.8 Å². The summed E-state index contributed by atoms with van der Waals surface area (Å²) in [5.41, 5.74) is 5.58. The summed E-state index contributed by atoms with van der Waals surface area (Å²) in [6.45, 7) is 4.96. The maximum absolute atomic E-state index is 12.3. The number of aryl methyl sites for hydroxylation is 1. The monoisotopic (exact) mass is 331 g/mol. The summed E-state index contributed by atoms with van der Waals surface area (Å²) >= 11 is 1.45. The summed E-state index contributed by atoms with van der Waals surface area (Å²) in [6, 6.07) is 1.69. The first kappa shape index (κ1) is 16.9. The Kier molecular flexibility index (Phi) is 5.79. The van der Waals surface area contributed by atoms with E-state index in [1.54, 1.807) is 6.07 Å². The van der Waals surface area contributed by atoms with Gasteiger partial charge in [-0.1, -0.05) is 0 Å². The van der Waals surface area contributed by atoms with E-state index in [0.29, 0.717) is 23.9 Å². The molecule has 1 fully saturated rings. The number of sulfonamides is 1. The fourth-order valence-corrected chi connectivity index (χ4v) is 5.28. The van der Waals surface area contributed by atoms with Gasteiger partial charge >= 0.3 is 0 Å². The highest BCUT2D eigenvalue weighted by molar-refractivity contribution is 7.89. The predicted octanol–water partition coefficient (Wildman–Crippen LogP) is 1.53. The highest BCUT2D eigenvalue weighted by Crippen LogP contribution is 2.25. The molecule has 0 aliphatic carbocycles. The van der Waals surface area contributed by atoms with E-state index in [-0.39, 0.29) is 0 Å². The zero-order chi connectivity index (χ0) is 15.5. The van der Waals surface area contributed by atoms with E-state index in [4.69, 9.17) is 5.73 Å². The summed E-state index contributed by atoms with van der Waals surface area (Å²) in [7, 11) is -1.27. The van der Waals surface area contributed by atoms with Gasteiger partial charge in [0.1, 0.15) is 0 Å². The Balaban J connectivity index is 1.88. The van der Waals surface area contributed by atoms with Gasteiger partial charge in [0.15, 0.2) is 0 Å². The second-order valence-corrected chi connectivity index (χ2v) is 8.85. The van der Waals surface area contributed by atoms with Gasteiger partial charge in [-0.05, 0) is 58.3 Å². The highest BCUT2D eigenvalue weighted by Gasteiger charge is 2.21. The fraction of sp³-hybridized carbons (Fsp3) is 0.714. The predicted molar refractivity (Wildman–Crippen MR) is 87.0 cm³/mol. The van der Waals surface area contributed by atoms with Gasteiger partial charge in [0.2, 0.25) is 10.0 Å². The Bertz CT molecular complexity index is 561. The van der Waals surface area contributed by atoms with Gasteiger partial charge in [-0.2, -0.15) is 0 Å². The minimum atomic E-state index is -3.40. The van der Waals surface area contributed by atoms with Crippen LogP contribution in [0.3, 0.4) is 0 Å². The van der Waals surface area contributed by atoms with Crippen molar-refractivity contribution in [3.8, 4) is 0 Å². The van der Waals surface area contributed by atoms with Gasteiger partial charge in [0.05, 0.1) is 4.90 Å². The zero-order valence-corrected chi connectivity index (χ0v) is 14.4. The van der Waals surface area contributed by atoms with Crippen molar-refractivity contribution in [3.63, 3.8) is 0 Å². The van der Waals surface area contributed by atoms with Crippen LogP contribution >= 0.6 is 11.3 Å². The molecule has 0 atom stereocenters. The van der Waals surface area contributed by atoms with Crippen LogP contribution in [0.2, 0.25) is 0 Å². The van der Waals surface area contributed by atoms with E-state index in [2.05, 4.69) is 16.7 Å². The largest absolute Gasteiger partial charge is 0.326 e. The normalized spacial score (nSPS) is 18.2. The molecule has 0 aromatic carbocycles. The first-order chi connectivity index (χ1) is 9.92. The Morgan fingerprint density at radius 1 is 1.43 bits per heavy atom. The molecule has 0 bridgehead atoms. The molecular weight excluding hydrogens is 306 g/mol. The molecule has 1 aliphatic rings. The maximum atomic E-state index is 12.3. The number of thiophene rings is 1. The van der Waals surface area contributed by atoms with Crippen LogP contribution in [0.4, 0.5) is 0 Å². The molecule has 0 saturated carbocycles. The molecule has 0 spiro atoms. The van der Waals surface area contributed by atoms with Crippen LogP contribution in [0.5, 0.6) is 0 Å². The Hall–Kier alpha value is -0.470. The van der Waals surface area contributed by atoms with Crippen molar-refractivity contribution in [2.45, 2.75) is 37.6 Å². The van der Waals surface area contributed by atoms with Gasteiger partial charge in [-0.15, -0.1) is 11.3 Å². The van der Waals surface area contributed by atoms with Crippen molar-refractivity contribution >= 4 is 21.4 Å². The lowest BCUT2D eigenvalue weighted by Gasteiger charge is -2.28. The molecule has 0 radical (unpaired) electrons. The number of nitrogens with two attached hydrogens (primary N) is 1. The van der Waals surface area contributed by atoms with Crippen LogP contribution < -0.4 is 10.5 Å². The molecule has 7 heteroatoms. The number of likely N-dealkylation sites (tertiary alicyclic amines) is 1. The summed E-state index contributed by atoms with van der Waals surface area (Å²) in [4.78, 5) is 4.42.